The first kappa shape index (κ1) is 28.8. The van der Waals surface area contributed by atoms with Gasteiger partial charge in [0, 0.05) is 33.0 Å². The molecule has 214 valence electrons. The van der Waals surface area contributed by atoms with Gasteiger partial charge in [0.15, 0.2) is 5.69 Å². The van der Waals surface area contributed by atoms with Crippen molar-refractivity contribution < 1.29 is 18.0 Å². The lowest BCUT2D eigenvalue weighted by Crippen LogP contribution is -2.38. The lowest BCUT2D eigenvalue weighted by molar-refractivity contribution is -0.141. The molecule has 0 fully saturated rings. The van der Waals surface area contributed by atoms with Crippen LogP contribution in [-0.4, -0.2) is 21.2 Å². The van der Waals surface area contributed by atoms with E-state index in [4.69, 9.17) is 5.73 Å². The number of hydrogen-bond donors (Lipinski definition) is 3. The Balaban J connectivity index is 1.41. The number of nitrogens with zero attached hydrogens (tertiary/aromatic N) is 2. The largest absolute Gasteiger partial charge is 0.435 e. The maximum atomic E-state index is 13.8. The summed E-state index contributed by atoms with van der Waals surface area (Å²) in [5.41, 5.74) is 8.07. The summed E-state index contributed by atoms with van der Waals surface area (Å²) in [6, 6.07) is 21.1. The number of anilines is 3. The summed E-state index contributed by atoms with van der Waals surface area (Å²) in [5.74, 6) is -0.160. The molecule has 1 aliphatic heterocycles. The second kappa shape index (κ2) is 10.6. The Hall–Kier alpha value is -3.76. The number of nitrogens with two attached hydrogens (primary N) is 1. The van der Waals surface area contributed by atoms with Crippen LogP contribution >= 0.6 is 11.8 Å². The van der Waals surface area contributed by atoms with Crippen LogP contribution < -0.4 is 16.4 Å². The molecule has 0 spiro atoms. The van der Waals surface area contributed by atoms with Crippen LogP contribution in [0.5, 0.6) is 0 Å². The predicted molar refractivity (Wildman–Crippen MR) is 158 cm³/mol. The summed E-state index contributed by atoms with van der Waals surface area (Å²) in [7, 11) is 0. The zero-order valence-electron chi connectivity index (χ0n) is 23.3. The smallest absolute Gasteiger partial charge is 0.354 e. The van der Waals surface area contributed by atoms with Crippen LogP contribution in [0.25, 0.3) is 16.9 Å². The molecule has 3 aromatic carbocycles. The lowest BCUT2D eigenvalue weighted by Gasteiger charge is -2.31. The second-order valence-electron chi connectivity index (χ2n) is 11.9. The van der Waals surface area contributed by atoms with E-state index in [1.54, 1.807) is 42.1 Å². The molecule has 4 aromatic rings. The zero-order chi connectivity index (χ0) is 29.6. The fourth-order valence-electron chi connectivity index (χ4n) is 5.34. The molecule has 5 rings (SSSR count). The standard InChI is InChI=1S/C31H32F3N5OS/c1-29(2,18-30(3,4)35)17-28(40)36-20-10-12-21(13-11-20)39-24(16-27(38-39)31(32,33)34)19-9-14-26-23(15-19)37-22-7-5-6-8-25(22)41-26/h5-16,37H,17-18,35H2,1-4H3,(H,36,40). The Morgan fingerprint density at radius 1 is 0.951 bits per heavy atom. The van der Waals surface area contributed by atoms with Crippen LogP contribution in [0.2, 0.25) is 0 Å². The van der Waals surface area contributed by atoms with Gasteiger partial charge in [-0.25, -0.2) is 4.68 Å². The Bertz CT molecular complexity index is 1590. The molecule has 4 N–H and O–H groups in total. The fourth-order valence-corrected chi connectivity index (χ4v) is 6.31. The van der Waals surface area contributed by atoms with Gasteiger partial charge in [0.1, 0.15) is 0 Å². The van der Waals surface area contributed by atoms with Gasteiger partial charge in [-0.05, 0) is 80.3 Å². The Morgan fingerprint density at radius 3 is 2.32 bits per heavy atom. The number of benzene rings is 3. The van der Waals surface area contributed by atoms with Gasteiger partial charge >= 0.3 is 6.18 Å². The van der Waals surface area contributed by atoms with Gasteiger partial charge in [0.05, 0.1) is 22.8 Å². The number of alkyl halides is 3. The minimum absolute atomic E-state index is 0.160. The van der Waals surface area contributed by atoms with Crippen LogP contribution in [0.3, 0.4) is 0 Å². The minimum Gasteiger partial charge on any atom is -0.354 e. The first-order chi connectivity index (χ1) is 19.2. The maximum Gasteiger partial charge on any atom is 0.435 e. The van der Waals surface area contributed by atoms with Gasteiger partial charge in [0.2, 0.25) is 5.91 Å². The molecule has 0 saturated heterocycles. The van der Waals surface area contributed by atoms with E-state index in [2.05, 4.69) is 15.7 Å². The van der Waals surface area contributed by atoms with Gasteiger partial charge in [0.25, 0.3) is 0 Å². The molecular weight excluding hydrogens is 547 g/mol. The van der Waals surface area contributed by atoms with E-state index in [0.717, 1.165) is 27.2 Å². The van der Waals surface area contributed by atoms with E-state index in [-0.39, 0.29) is 17.7 Å². The topological polar surface area (TPSA) is 85.0 Å². The second-order valence-corrected chi connectivity index (χ2v) is 12.9. The Kier molecular flexibility index (Phi) is 7.42. The monoisotopic (exact) mass is 579 g/mol. The summed E-state index contributed by atoms with van der Waals surface area (Å²) >= 11 is 1.60. The van der Waals surface area contributed by atoms with Crippen molar-refractivity contribution in [2.45, 2.75) is 62.0 Å². The number of halogens is 3. The van der Waals surface area contributed by atoms with Crippen molar-refractivity contribution >= 4 is 34.7 Å². The minimum atomic E-state index is -4.61. The molecule has 0 unspecified atom stereocenters. The third kappa shape index (κ3) is 6.77. The van der Waals surface area contributed by atoms with Crippen molar-refractivity contribution in [2.75, 3.05) is 10.6 Å². The summed E-state index contributed by atoms with van der Waals surface area (Å²) in [6.07, 6.45) is -3.66. The highest BCUT2D eigenvalue weighted by molar-refractivity contribution is 7.99. The SMILES string of the molecule is CC(C)(N)CC(C)(C)CC(=O)Nc1ccc(-n2nc(C(F)(F)F)cc2-c2ccc3c(c2)Nc2ccccc2S3)cc1. The molecule has 0 radical (unpaired) electrons. The molecule has 0 atom stereocenters. The fraction of sp³-hybridized carbons (Fsp3) is 0.290. The first-order valence-corrected chi connectivity index (χ1v) is 14.0. The number of carbonyl (C=O) groups is 1. The van der Waals surface area contributed by atoms with Crippen LogP contribution in [0, 0.1) is 5.41 Å². The third-order valence-corrected chi connectivity index (χ3v) is 7.77. The average Bonchev–Trinajstić information content (AvgIpc) is 3.32. The summed E-state index contributed by atoms with van der Waals surface area (Å²) in [6.45, 7) is 7.85. The number of para-hydroxylation sites is 1. The van der Waals surface area contributed by atoms with Gasteiger partial charge in [-0.1, -0.05) is 43.8 Å². The van der Waals surface area contributed by atoms with E-state index >= 15 is 0 Å². The number of rotatable bonds is 7. The number of nitrogens with one attached hydrogen (secondary N) is 2. The van der Waals surface area contributed by atoms with Crippen molar-refractivity contribution in [1.29, 1.82) is 0 Å². The van der Waals surface area contributed by atoms with Gasteiger partial charge in [-0.2, -0.15) is 18.3 Å². The molecule has 0 saturated carbocycles. The van der Waals surface area contributed by atoms with Crippen molar-refractivity contribution in [3.63, 3.8) is 0 Å². The van der Waals surface area contributed by atoms with Gasteiger partial charge in [-0.15, -0.1) is 0 Å². The van der Waals surface area contributed by atoms with Crippen LogP contribution in [-0.2, 0) is 11.0 Å². The first-order valence-electron chi connectivity index (χ1n) is 13.2. The quantitative estimate of drug-likeness (QED) is 0.181. The maximum absolute atomic E-state index is 13.8. The Labute approximate surface area is 241 Å². The van der Waals surface area contributed by atoms with E-state index in [1.807, 2.05) is 64.1 Å². The molecule has 1 aliphatic rings. The van der Waals surface area contributed by atoms with E-state index in [9.17, 15) is 18.0 Å². The number of fused-ring (bicyclic) bond motifs is 2. The predicted octanol–water partition coefficient (Wildman–Crippen LogP) is 8.25. The highest BCUT2D eigenvalue weighted by Crippen LogP contribution is 2.45. The van der Waals surface area contributed by atoms with Crippen molar-refractivity contribution in [1.82, 2.24) is 9.78 Å². The highest BCUT2D eigenvalue weighted by atomic mass is 32.2. The number of carbonyl (C=O) groups excluding carboxylic acids is 1. The molecule has 41 heavy (non-hydrogen) atoms. The van der Waals surface area contributed by atoms with Crippen molar-refractivity contribution in [2.24, 2.45) is 11.1 Å². The summed E-state index contributed by atoms with van der Waals surface area (Å²) in [5, 5.41) is 10.2. The molecule has 0 bridgehead atoms. The van der Waals surface area contributed by atoms with Crippen molar-refractivity contribution in [3.8, 4) is 16.9 Å². The normalized spacial score (nSPS) is 13.3. The lowest BCUT2D eigenvalue weighted by atomic mass is 9.78. The van der Waals surface area contributed by atoms with Crippen LogP contribution in [0.1, 0.15) is 46.2 Å². The molecule has 0 aliphatic carbocycles. The molecule has 1 amide bonds. The summed E-state index contributed by atoms with van der Waals surface area (Å²) in [4.78, 5) is 14.8. The van der Waals surface area contributed by atoms with E-state index in [0.29, 0.717) is 29.1 Å². The molecular formula is C31H32F3N5OS. The summed E-state index contributed by atoms with van der Waals surface area (Å²) < 4.78 is 42.5. The Morgan fingerprint density at radius 2 is 1.63 bits per heavy atom. The molecule has 6 nitrogen and oxygen atoms in total. The van der Waals surface area contributed by atoms with Gasteiger partial charge < -0.3 is 16.4 Å². The van der Waals surface area contributed by atoms with E-state index in [1.165, 1.54) is 4.68 Å². The molecule has 2 heterocycles. The number of aromatic nitrogens is 2. The van der Waals surface area contributed by atoms with Crippen molar-refractivity contribution in [3.05, 3.63) is 78.5 Å². The molecule has 10 heteroatoms. The van der Waals surface area contributed by atoms with Crippen LogP contribution in [0.4, 0.5) is 30.2 Å². The van der Waals surface area contributed by atoms with Gasteiger partial charge in [-0.3, -0.25) is 4.79 Å². The molecule has 1 aromatic heterocycles. The zero-order valence-corrected chi connectivity index (χ0v) is 24.1. The van der Waals surface area contributed by atoms with Crippen LogP contribution in [0.15, 0.2) is 82.6 Å². The third-order valence-electron chi connectivity index (χ3n) is 6.62. The number of hydrogen-bond acceptors (Lipinski definition) is 5. The highest BCUT2D eigenvalue weighted by Gasteiger charge is 2.35. The van der Waals surface area contributed by atoms with E-state index < -0.39 is 17.4 Å². The average molecular weight is 580 g/mol. The number of amides is 1.